The first kappa shape index (κ1) is 6.53. The Morgan fingerprint density at radius 3 is 2.82 bits per heavy atom. The molecule has 0 saturated heterocycles. The van der Waals surface area contributed by atoms with E-state index >= 15 is 0 Å². The second-order valence-electron chi connectivity index (χ2n) is 3.19. The molecule has 0 radical (unpaired) electrons. The van der Waals surface area contributed by atoms with Crippen molar-refractivity contribution in [3.8, 4) is 0 Å². The SMILES string of the molecule is CC(C)c1cc2cc[nH]c2[nH]1. The normalized spacial score (nSPS) is 11.5. The van der Waals surface area contributed by atoms with Crippen molar-refractivity contribution in [2.45, 2.75) is 19.8 Å². The first-order chi connectivity index (χ1) is 5.27. The first-order valence-electron chi connectivity index (χ1n) is 3.93. The average molecular weight is 148 g/mol. The van der Waals surface area contributed by atoms with Gasteiger partial charge in [0.15, 0.2) is 0 Å². The van der Waals surface area contributed by atoms with Gasteiger partial charge in [-0.3, -0.25) is 0 Å². The first-order valence-corrected chi connectivity index (χ1v) is 3.93. The minimum Gasteiger partial charge on any atom is -0.348 e. The molecule has 2 rings (SSSR count). The van der Waals surface area contributed by atoms with Crippen molar-refractivity contribution in [2.75, 3.05) is 0 Å². The van der Waals surface area contributed by atoms with Crippen molar-refractivity contribution in [1.29, 1.82) is 0 Å². The molecule has 0 saturated carbocycles. The van der Waals surface area contributed by atoms with Crippen LogP contribution in [0.2, 0.25) is 0 Å². The third-order valence-electron chi connectivity index (χ3n) is 1.98. The van der Waals surface area contributed by atoms with E-state index in [1.165, 1.54) is 11.1 Å². The maximum Gasteiger partial charge on any atom is 0.114 e. The van der Waals surface area contributed by atoms with Gasteiger partial charge in [-0.05, 0) is 18.1 Å². The molecule has 0 atom stereocenters. The summed E-state index contributed by atoms with van der Waals surface area (Å²) >= 11 is 0. The molecule has 0 aliphatic carbocycles. The van der Waals surface area contributed by atoms with Gasteiger partial charge in [0.25, 0.3) is 0 Å². The van der Waals surface area contributed by atoms with Crippen LogP contribution >= 0.6 is 0 Å². The molecule has 0 spiro atoms. The van der Waals surface area contributed by atoms with E-state index in [4.69, 9.17) is 0 Å². The molecule has 11 heavy (non-hydrogen) atoms. The van der Waals surface area contributed by atoms with E-state index in [2.05, 4.69) is 35.9 Å². The molecule has 2 N–H and O–H groups in total. The van der Waals surface area contributed by atoms with E-state index in [9.17, 15) is 0 Å². The highest BCUT2D eigenvalue weighted by molar-refractivity contribution is 5.77. The lowest BCUT2D eigenvalue weighted by Crippen LogP contribution is -1.85. The third-order valence-corrected chi connectivity index (χ3v) is 1.98. The highest BCUT2D eigenvalue weighted by Crippen LogP contribution is 2.19. The molecule has 0 bridgehead atoms. The fraction of sp³-hybridized carbons (Fsp3) is 0.333. The summed E-state index contributed by atoms with van der Waals surface area (Å²) in [6.45, 7) is 4.37. The summed E-state index contributed by atoms with van der Waals surface area (Å²) in [5.41, 5.74) is 2.43. The monoisotopic (exact) mass is 148 g/mol. The maximum atomic E-state index is 3.32. The number of hydrogen-bond donors (Lipinski definition) is 2. The summed E-state index contributed by atoms with van der Waals surface area (Å²) in [5.74, 6) is 0.579. The van der Waals surface area contributed by atoms with Crippen LogP contribution in [-0.2, 0) is 0 Å². The highest BCUT2D eigenvalue weighted by Gasteiger charge is 2.03. The van der Waals surface area contributed by atoms with Crippen LogP contribution in [0, 0.1) is 0 Å². The van der Waals surface area contributed by atoms with Crippen LogP contribution in [0.4, 0.5) is 0 Å². The second kappa shape index (κ2) is 2.16. The average Bonchev–Trinajstić information content (AvgIpc) is 2.40. The van der Waals surface area contributed by atoms with Gasteiger partial charge >= 0.3 is 0 Å². The van der Waals surface area contributed by atoms with E-state index < -0.39 is 0 Å². The molecule has 0 aliphatic rings. The fourth-order valence-corrected chi connectivity index (χ4v) is 1.27. The lowest BCUT2D eigenvalue weighted by molar-refractivity contribution is 0.835. The van der Waals surface area contributed by atoms with Gasteiger partial charge in [-0.2, -0.15) is 0 Å². The Balaban J connectivity index is 2.58. The smallest absolute Gasteiger partial charge is 0.114 e. The quantitative estimate of drug-likeness (QED) is 0.623. The van der Waals surface area contributed by atoms with Gasteiger partial charge in [-0.1, -0.05) is 13.8 Å². The number of aromatic nitrogens is 2. The summed E-state index contributed by atoms with van der Waals surface area (Å²) in [5, 5.41) is 1.27. The summed E-state index contributed by atoms with van der Waals surface area (Å²) in [6, 6.07) is 4.27. The molecule has 58 valence electrons. The second-order valence-corrected chi connectivity index (χ2v) is 3.19. The van der Waals surface area contributed by atoms with Crippen LogP contribution in [0.15, 0.2) is 18.3 Å². The Hall–Kier alpha value is -1.18. The standard InChI is InChI=1S/C9H12N2/c1-6(2)8-5-7-3-4-10-9(7)11-8/h3-6,10-11H,1-2H3. The Kier molecular flexibility index (Phi) is 1.28. The van der Waals surface area contributed by atoms with Gasteiger partial charge in [0.2, 0.25) is 0 Å². The van der Waals surface area contributed by atoms with E-state index in [0.29, 0.717) is 5.92 Å². The van der Waals surface area contributed by atoms with Crippen molar-refractivity contribution < 1.29 is 0 Å². The zero-order valence-corrected chi connectivity index (χ0v) is 6.81. The van der Waals surface area contributed by atoms with Gasteiger partial charge in [-0.25, -0.2) is 0 Å². The summed E-state index contributed by atoms with van der Waals surface area (Å²) in [4.78, 5) is 6.46. The summed E-state index contributed by atoms with van der Waals surface area (Å²) in [6.07, 6.45) is 1.95. The van der Waals surface area contributed by atoms with E-state index in [-0.39, 0.29) is 0 Å². The minimum absolute atomic E-state index is 0.579. The van der Waals surface area contributed by atoms with Gasteiger partial charge < -0.3 is 9.97 Å². The van der Waals surface area contributed by atoms with E-state index in [1.54, 1.807) is 0 Å². The molecule has 0 unspecified atom stereocenters. The predicted octanol–water partition coefficient (Wildman–Crippen LogP) is 2.62. The lowest BCUT2D eigenvalue weighted by Gasteiger charge is -1.97. The molecule has 0 amide bonds. The maximum absolute atomic E-state index is 3.32. The summed E-state index contributed by atoms with van der Waals surface area (Å²) in [7, 11) is 0. The van der Waals surface area contributed by atoms with Crippen LogP contribution in [-0.4, -0.2) is 9.97 Å². The zero-order chi connectivity index (χ0) is 7.84. The Morgan fingerprint density at radius 2 is 2.18 bits per heavy atom. The van der Waals surface area contributed by atoms with Crippen LogP contribution in [0.5, 0.6) is 0 Å². The number of aromatic amines is 2. The largest absolute Gasteiger partial charge is 0.348 e. The van der Waals surface area contributed by atoms with Crippen molar-refractivity contribution in [2.24, 2.45) is 0 Å². The molecule has 2 aromatic heterocycles. The molecule has 0 aromatic carbocycles. The van der Waals surface area contributed by atoms with Crippen LogP contribution in [0.3, 0.4) is 0 Å². The van der Waals surface area contributed by atoms with Gasteiger partial charge in [-0.15, -0.1) is 0 Å². The molecule has 2 aromatic rings. The molecule has 2 nitrogen and oxygen atoms in total. The topological polar surface area (TPSA) is 31.6 Å². The van der Waals surface area contributed by atoms with Crippen LogP contribution < -0.4 is 0 Å². The van der Waals surface area contributed by atoms with E-state index in [0.717, 1.165) is 5.65 Å². The Labute approximate surface area is 65.6 Å². The Morgan fingerprint density at radius 1 is 1.36 bits per heavy atom. The van der Waals surface area contributed by atoms with Gasteiger partial charge in [0, 0.05) is 17.3 Å². The lowest BCUT2D eigenvalue weighted by atomic mass is 10.1. The molecular formula is C9H12N2. The number of nitrogens with one attached hydrogen (secondary N) is 2. The number of H-pyrrole nitrogens is 2. The number of rotatable bonds is 1. The molecule has 0 fully saturated rings. The summed E-state index contributed by atoms with van der Waals surface area (Å²) < 4.78 is 0. The van der Waals surface area contributed by atoms with Crippen molar-refractivity contribution in [1.82, 2.24) is 9.97 Å². The highest BCUT2D eigenvalue weighted by atomic mass is 14.9. The Bertz CT molecular complexity index is 326. The molecule has 2 heterocycles. The van der Waals surface area contributed by atoms with Crippen molar-refractivity contribution >= 4 is 11.0 Å². The van der Waals surface area contributed by atoms with Crippen molar-refractivity contribution in [3.05, 3.63) is 24.0 Å². The van der Waals surface area contributed by atoms with Gasteiger partial charge in [0.1, 0.15) is 5.65 Å². The van der Waals surface area contributed by atoms with Crippen LogP contribution in [0.25, 0.3) is 11.0 Å². The number of fused-ring (bicyclic) bond motifs is 1. The fourth-order valence-electron chi connectivity index (χ4n) is 1.27. The third kappa shape index (κ3) is 0.946. The predicted molar refractivity (Wildman–Crippen MR) is 46.7 cm³/mol. The molecule has 2 heteroatoms. The van der Waals surface area contributed by atoms with Gasteiger partial charge in [0.05, 0.1) is 0 Å². The zero-order valence-electron chi connectivity index (χ0n) is 6.81. The number of hydrogen-bond acceptors (Lipinski definition) is 0. The molecular weight excluding hydrogens is 136 g/mol. The van der Waals surface area contributed by atoms with Crippen molar-refractivity contribution in [3.63, 3.8) is 0 Å². The van der Waals surface area contributed by atoms with Crippen LogP contribution in [0.1, 0.15) is 25.5 Å². The van der Waals surface area contributed by atoms with E-state index in [1.807, 2.05) is 6.20 Å². The minimum atomic E-state index is 0.579. The molecule has 0 aliphatic heterocycles.